The lowest BCUT2D eigenvalue weighted by molar-refractivity contribution is -0.131. The summed E-state index contributed by atoms with van der Waals surface area (Å²) in [6.07, 6.45) is 3.60. The number of carbonyl (C=O) groups is 1. The van der Waals surface area contributed by atoms with Gasteiger partial charge < -0.3 is 0 Å². The molecule has 0 radical (unpaired) electrons. The van der Waals surface area contributed by atoms with Crippen LogP contribution in [0.4, 0.5) is 0 Å². The molecule has 2 aromatic heterocycles. The maximum Gasteiger partial charge on any atom is 0.137 e. The van der Waals surface area contributed by atoms with Gasteiger partial charge in [0, 0.05) is 24.5 Å². The van der Waals surface area contributed by atoms with Crippen molar-refractivity contribution in [3.05, 3.63) is 29.3 Å². The third-order valence-corrected chi connectivity index (χ3v) is 4.37. The van der Waals surface area contributed by atoms with Crippen LogP contribution in [-0.4, -0.2) is 10.8 Å². The minimum Gasteiger partial charge on any atom is -0.299 e. The number of aromatic nitrogens is 1. The molecule has 0 aromatic carbocycles. The molecule has 1 aliphatic carbocycles. The van der Waals surface area contributed by atoms with Gasteiger partial charge in [0.1, 0.15) is 5.78 Å². The molecule has 3 rings (SSSR count). The van der Waals surface area contributed by atoms with Gasteiger partial charge in [0.05, 0.1) is 10.2 Å². The second kappa shape index (κ2) is 3.67. The van der Waals surface area contributed by atoms with Gasteiger partial charge in [0.15, 0.2) is 0 Å². The lowest BCUT2D eigenvalue weighted by atomic mass is 9.68. The van der Waals surface area contributed by atoms with E-state index in [2.05, 4.69) is 23.4 Å². The summed E-state index contributed by atoms with van der Waals surface area (Å²) < 4.78 is 1.23. The third kappa shape index (κ3) is 1.39. The van der Waals surface area contributed by atoms with Crippen LogP contribution in [-0.2, 0) is 4.79 Å². The molecule has 0 N–H and O–H groups in total. The van der Waals surface area contributed by atoms with Crippen molar-refractivity contribution in [2.24, 2.45) is 5.92 Å². The van der Waals surface area contributed by atoms with E-state index < -0.39 is 0 Å². The standard InChI is InChI=1S/C13H13NOS/c1-2-9-10(6-12(9)15)8-5-13-11(14-7-8)3-4-16-13/h3-5,7,9-10H,2,6H2,1H3. The Hall–Kier alpha value is -1.22. The minimum atomic E-state index is 0.235. The fraction of sp³-hybridized carbons (Fsp3) is 0.385. The van der Waals surface area contributed by atoms with Crippen LogP contribution in [0.2, 0.25) is 0 Å². The highest BCUT2D eigenvalue weighted by Gasteiger charge is 2.39. The Bertz CT molecular complexity index is 546. The first-order valence-electron chi connectivity index (χ1n) is 5.65. The number of hydrogen-bond donors (Lipinski definition) is 0. The number of thiophene rings is 1. The number of hydrogen-bond acceptors (Lipinski definition) is 3. The van der Waals surface area contributed by atoms with Gasteiger partial charge >= 0.3 is 0 Å². The van der Waals surface area contributed by atoms with E-state index in [4.69, 9.17) is 0 Å². The van der Waals surface area contributed by atoms with Gasteiger partial charge in [-0.15, -0.1) is 11.3 Å². The summed E-state index contributed by atoms with van der Waals surface area (Å²) in [5.74, 6) is 1.06. The Kier molecular flexibility index (Phi) is 2.28. The fourth-order valence-corrected chi connectivity index (χ4v) is 3.29. The first kappa shape index (κ1) is 9.97. The van der Waals surface area contributed by atoms with Gasteiger partial charge in [-0.1, -0.05) is 6.92 Å². The molecule has 2 aromatic rings. The molecule has 1 fully saturated rings. The third-order valence-electron chi connectivity index (χ3n) is 3.51. The lowest BCUT2D eigenvalue weighted by Gasteiger charge is -2.34. The lowest BCUT2D eigenvalue weighted by Crippen LogP contribution is -2.34. The zero-order valence-corrected chi connectivity index (χ0v) is 9.96. The molecule has 0 spiro atoms. The number of ketones is 1. The molecule has 3 heteroatoms. The Labute approximate surface area is 98.3 Å². The van der Waals surface area contributed by atoms with Crippen LogP contribution < -0.4 is 0 Å². The topological polar surface area (TPSA) is 30.0 Å². The number of Topliss-reactive ketones (excluding diaryl/α,β-unsaturated/α-hetero) is 1. The number of pyridine rings is 1. The predicted molar refractivity (Wildman–Crippen MR) is 65.8 cm³/mol. The second-order valence-corrected chi connectivity index (χ2v) is 5.31. The molecule has 0 amide bonds. The van der Waals surface area contributed by atoms with Crippen molar-refractivity contribution in [3.63, 3.8) is 0 Å². The summed E-state index contributed by atoms with van der Waals surface area (Å²) in [5, 5.41) is 2.06. The van der Waals surface area contributed by atoms with Crippen molar-refractivity contribution in [2.75, 3.05) is 0 Å². The van der Waals surface area contributed by atoms with Crippen LogP contribution in [0.15, 0.2) is 23.7 Å². The summed E-state index contributed by atoms with van der Waals surface area (Å²) in [6, 6.07) is 4.24. The number of carbonyl (C=O) groups excluding carboxylic acids is 1. The summed E-state index contributed by atoms with van der Waals surface area (Å²) in [6.45, 7) is 2.09. The largest absolute Gasteiger partial charge is 0.299 e. The van der Waals surface area contributed by atoms with Crippen LogP contribution in [0.1, 0.15) is 31.2 Å². The number of nitrogens with zero attached hydrogens (tertiary/aromatic N) is 1. The van der Waals surface area contributed by atoms with Gasteiger partial charge in [-0.3, -0.25) is 9.78 Å². The Balaban J connectivity index is 1.97. The van der Waals surface area contributed by atoms with Crippen LogP contribution >= 0.6 is 11.3 Å². The Morgan fingerprint density at radius 1 is 1.56 bits per heavy atom. The molecule has 2 heterocycles. The molecule has 2 unspecified atom stereocenters. The summed E-state index contributed by atoms with van der Waals surface area (Å²) in [5.41, 5.74) is 2.30. The van der Waals surface area contributed by atoms with Gasteiger partial charge in [-0.05, 0) is 29.5 Å². The average molecular weight is 231 g/mol. The second-order valence-electron chi connectivity index (χ2n) is 4.36. The highest BCUT2D eigenvalue weighted by molar-refractivity contribution is 7.17. The molecule has 1 saturated carbocycles. The molecular weight excluding hydrogens is 218 g/mol. The zero-order valence-electron chi connectivity index (χ0n) is 9.14. The van der Waals surface area contributed by atoms with Crippen molar-refractivity contribution >= 4 is 27.3 Å². The maximum absolute atomic E-state index is 11.4. The van der Waals surface area contributed by atoms with Gasteiger partial charge in [-0.25, -0.2) is 0 Å². The fourth-order valence-electron chi connectivity index (χ4n) is 2.50. The highest BCUT2D eigenvalue weighted by Crippen LogP contribution is 2.42. The molecule has 2 atom stereocenters. The molecule has 0 bridgehead atoms. The van der Waals surface area contributed by atoms with E-state index in [1.807, 2.05) is 12.3 Å². The van der Waals surface area contributed by atoms with Crippen molar-refractivity contribution in [1.29, 1.82) is 0 Å². The maximum atomic E-state index is 11.4. The van der Waals surface area contributed by atoms with Crippen molar-refractivity contribution < 1.29 is 4.79 Å². The first-order chi connectivity index (χ1) is 7.79. The van der Waals surface area contributed by atoms with Crippen molar-refractivity contribution in [2.45, 2.75) is 25.7 Å². The minimum absolute atomic E-state index is 0.235. The normalized spacial score (nSPS) is 24.7. The molecule has 1 aliphatic rings. The van der Waals surface area contributed by atoms with E-state index in [1.165, 1.54) is 10.3 Å². The van der Waals surface area contributed by atoms with E-state index in [-0.39, 0.29) is 5.92 Å². The average Bonchev–Trinajstić information content (AvgIpc) is 2.73. The summed E-state index contributed by atoms with van der Waals surface area (Å²) in [4.78, 5) is 15.9. The van der Waals surface area contributed by atoms with E-state index >= 15 is 0 Å². The zero-order chi connectivity index (χ0) is 11.1. The van der Waals surface area contributed by atoms with Crippen LogP contribution in [0, 0.1) is 5.92 Å². The van der Waals surface area contributed by atoms with E-state index in [9.17, 15) is 4.79 Å². The number of rotatable bonds is 2. The summed E-state index contributed by atoms with van der Waals surface area (Å²) in [7, 11) is 0. The van der Waals surface area contributed by atoms with Gasteiger partial charge in [0.25, 0.3) is 0 Å². The van der Waals surface area contributed by atoms with E-state index in [1.54, 1.807) is 11.3 Å². The monoisotopic (exact) mass is 231 g/mol. The van der Waals surface area contributed by atoms with Crippen molar-refractivity contribution in [3.8, 4) is 0 Å². The van der Waals surface area contributed by atoms with Gasteiger partial charge in [-0.2, -0.15) is 0 Å². The SMILES string of the molecule is CCC1C(=O)CC1c1cnc2ccsc2c1. The molecule has 16 heavy (non-hydrogen) atoms. The van der Waals surface area contributed by atoms with Gasteiger partial charge in [0.2, 0.25) is 0 Å². The molecule has 82 valence electrons. The molecule has 0 aliphatic heterocycles. The molecular formula is C13H13NOS. The first-order valence-corrected chi connectivity index (χ1v) is 6.53. The van der Waals surface area contributed by atoms with E-state index in [0.29, 0.717) is 18.1 Å². The smallest absolute Gasteiger partial charge is 0.137 e. The summed E-state index contributed by atoms with van der Waals surface area (Å²) >= 11 is 1.72. The molecule has 0 saturated heterocycles. The highest BCUT2D eigenvalue weighted by atomic mass is 32.1. The van der Waals surface area contributed by atoms with Crippen LogP contribution in [0.3, 0.4) is 0 Å². The number of fused-ring (bicyclic) bond motifs is 1. The Morgan fingerprint density at radius 3 is 3.19 bits per heavy atom. The van der Waals surface area contributed by atoms with Crippen LogP contribution in [0.5, 0.6) is 0 Å². The van der Waals surface area contributed by atoms with Crippen molar-refractivity contribution in [1.82, 2.24) is 4.98 Å². The Morgan fingerprint density at radius 2 is 2.44 bits per heavy atom. The van der Waals surface area contributed by atoms with Crippen LogP contribution in [0.25, 0.3) is 10.2 Å². The van der Waals surface area contributed by atoms with E-state index in [0.717, 1.165) is 11.9 Å². The predicted octanol–water partition coefficient (Wildman–Crippen LogP) is 3.38. The molecule has 2 nitrogen and oxygen atoms in total. The quantitative estimate of drug-likeness (QED) is 0.793.